The Labute approximate surface area is 108 Å². The maximum absolute atomic E-state index is 11.5. The first-order valence-corrected chi connectivity index (χ1v) is 7.16. The summed E-state index contributed by atoms with van der Waals surface area (Å²) in [5, 5.41) is 0. The van der Waals surface area contributed by atoms with E-state index in [4.69, 9.17) is 10.6 Å². The molecular formula is C12H24N2O2S. The minimum Gasteiger partial charge on any atom is -0.381 e. The Morgan fingerprint density at radius 1 is 1.41 bits per heavy atom. The van der Waals surface area contributed by atoms with Gasteiger partial charge in [0.2, 0.25) is 5.91 Å². The van der Waals surface area contributed by atoms with Crippen molar-refractivity contribution in [2.45, 2.75) is 50.4 Å². The molecule has 1 rings (SSSR count). The summed E-state index contributed by atoms with van der Waals surface area (Å²) in [5.41, 5.74) is 2.23. The largest absolute Gasteiger partial charge is 0.381 e. The first-order chi connectivity index (χ1) is 7.99. The Balaban J connectivity index is 2.30. The molecule has 3 N–H and O–H groups in total. The van der Waals surface area contributed by atoms with Crippen LogP contribution >= 0.6 is 11.8 Å². The van der Waals surface area contributed by atoms with Crippen LogP contribution in [0.1, 0.15) is 39.5 Å². The predicted octanol–water partition coefficient (Wildman–Crippen LogP) is 1.69. The molecule has 0 aromatic rings. The van der Waals surface area contributed by atoms with E-state index in [9.17, 15) is 4.79 Å². The number of nitrogens with one attached hydrogen (secondary N) is 1. The van der Waals surface area contributed by atoms with Crippen molar-refractivity contribution in [1.29, 1.82) is 0 Å². The van der Waals surface area contributed by atoms with Crippen molar-refractivity contribution >= 4 is 17.7 Å². The van der Waals surface area contributed by atoms with Gasteiger partial charge in [0.1, 0.15) is 0 Å². The van der Waals surface area contributed by atoms with Crippen LogP contribution in [0, 0.1) is 5.92 Å². The van der Waals surface area contributed by atoms with E-state index in [-0.39, 0.29) is 5.91 Å². The second-order valence-electron chi connectivity index (χ2n) is 5.17. The molecule has 100 valence electrons. The maximum atomic E-state index is 11.5. The molecule has 17 heavy (non-hydrogen) atoms. The quantitative estimate of drug-likeness (QED) is 0.448. The molecule has 0 heterocycles. The third kappa shape index (κ3) is 4.48. The van der Waals surface area contributed by atoms with Gasteiger partial charge in [0.05, 0.1) is 10.9 Å². The van der Waals surface area contributed by atoms with Crippen molar-refractivity contribution in [2.75, 3.05) is 12.9 Å². The van der Waals surface area contributed by atoms with Crippen molar-refractivity contribution in [3.05, 3.63) is 0 Å². The number of hydrogen-bond donors (Lipinski definition) is 2. The molecule has 5 heteroatoms. The molecule has 1 fully saturated rings. The van der Waals surface area contributed by atoms with E-state index in [2.05, 4.69) is 5.43 Å². The molecule has 0 aromatic carbocycles. The fraction of sp³-hybridized carbons (Fsp3) is 0.917. The van der Waals surface area contributed by atoms with Gasteiger partial charge in [-0.05, 0) is 51.2 Å². The number of amides is 1. The monoisotopic (exact) mass is 260 g/mol. The van der Waals surface area contributed by atoms with E-state index in [0.717, 1.165) is 18.6 Å². The lowest BCUT2D eigenvalue weighted by atomic mass is 9.89. The van der Waals surface area contributed by atoms with Crippen LogP contribution in [0.2, 0.25) is 0 Å². The van der Waals surface area contributed by atoms with Gasteiger partial charge in [0.25, 0.3) is 0 Å². The first kappa shape index (κ1) is 14.8. The molecule has 0 aromatic heterocycles. The molecule has 0 spiro atoms. The summed E-state index contributed by atoms with van der Waals surface area (Å²) >= 11 is 1.69. The molecule has 1 aliphatic carbocycles. The second-order valence-corrected chi connectivity index (χ2v) is 6.82. The topological polar surface area (TPSA) is 64.3 Å². The smallest absolute Gasteiger partial charge is 0.249 e. The highest BCUT2D eigenvalue weighted by atomic mass is 32.2. The van der Waals surface area contributed by atoms with Gasteiger partial charge in [-0.2, -0.15) is 0 Å². The maximum Gasteiger partial charge on any atom is 0.249 e. The van der Waals surface area contributed by atoms with Gasteiger partial charge in [-0.3, -0.25) is 10.2 Å². The number of hydrazine groups is 1. The molecule has 0 aliphatic heterocycles. The highest BCUT2D eigenvalue weighted by molar-refractivity contribution is 8.01. The summed E-state index contributed by atoms with van der Waals surface area (Å²) < 4.78 is 4.92. The fourth-order valence-electron chi connectivity index (χ4n) is 2.10. The van der Waals surface area contributed by atoms with Gasteiger partial charge >= 0.3 is 0 Å². The van der Waals surface area contributed by atoms with Crippen LogP contribution in [0.4, 0.5) is 0 Å². The van der Waals surface area contributed by atoms with E-state index in [1.165, 1.54) is 12.8 Å². The molecule has 0 saturated heterocycles. The summed E-state index contributed by atoms with van der Waals surface area (Å²) in [5.74, 6) is 6.80. The summed E-state index contributed by atoms with van der Waals surface area (Å²) in [4.78, 5) is 11.5. The Morgan fingerprint density at radius 2 is 2.00 bits per heavy atom. The minimum absolute atomic E-state index is 0.104. The van der Waals surface area contributed by atoms with Crippen molar-refractivity contribution in [3.63, 3.8) is 0 Å². The standard InChI is InChI=1S/C12H24N2O2S/c1-12(2,11(15)14-13)17-8-9-4-6-10(16-3)7-5-9/h9-10H,4-8,13H2,1-3H3,(H,14,15)/t9-,10-. The van der Waals surface area contributed by atoms with Crippen LogP contribution in [-0.4, -0.2) is 29.6 Å². The summed E-state index contributed by atoms with van der Waals surface area (Å²) in [6.07, 6.45) is 5.13. The van der Waals surface area contributed by atoms with Crippen molar-refractivity contribution in [3.8, 4) is 0 Å². The van der Waals surface area contributed by atoms with Crippen LogP contribution in [0.3, 0.4) is 0 Å². The highest BCUT2D eigenvalue weighted by Gasteiger charge is 2.29. The number of carbonyl (C=O) groups excluding carboxylic acids is 1. The summed E-state index contributed by atoms with van der Waals surface area (Å²) in [7, 11) is 1.79. The number of thioether (sulfide) groups is 1. The van der Waals surface area contributed by atoms with E-state index in [1.54, 1.807) is 18.9 Å². The van der Waals surface area contributed by atoms with Crippen molar-refractivity contribution < 1.29 is 9.53 Å². The van der Waals surface area contributed by atoms with E-state index in [1.807, 2.05) is 13.8 Å². The number of methoxy groups -OCH3 is 1. The lowest BCUT2D eigenvalue weighted by molar-refractivity contribution is -0.122. The fourth-order valence-corrected chi connectivity index (χ4v) is 3.28. The van der Waals surface area contributed by atoms with Gasteiger partial charge < -0.3 is 4.74 Å². The molecule has 0 unspecified atom stereocenters. The minimum atomic E-state index is -0.438. The number of ether oxygens (including phenoxy) is 1. The van der Waals surface area contributed by atoms with Crippen LogP contribution in [-0.2, 0) is 9.53 Å². The molecule has 0 radical (unpaired) electrons. The molecule has 0 bridgehead atoms. The Bertz CT molecular complexity index is 251. The van der Waals surface area contributed by atoms with Gasteiger partial charge in [0.15, 0.2) is 0 Å². The van der Waals surface area contributed by atoms with E-state index < -0.39 is 4.75 Å². The van der Waals surface area contributed by atoms with Crippen LogP contribution in [0.15, 0.2) is 0 Å². The SMILES string of the molecule is CO[C@H]1CC[C@H](CSC(C)(C)C(=O)NN)CC1. The average Bonchev–Trinajstić information content (AvgIpc) is 2.36. The molecule has 1 saturated carbocycles. The molecular weight excluding hydrogens is 236 g/mol. The molecule has 1 aliphatic rings. The van der Waals surface area contributed by atoms with E-state index in [0.29, 0.717) is 12.0 Å². The Hall–Kier alpha value is -0.260. The van der Waals surface area contributed by atoms with Crippen molar-refractivity contribution in [2.24, 2.45) is 11.8 Å². The average molecular weight is 260 g/mol. The number of carbonyl (C=O) groups is 1. The Morgan fingerprint density at radius 3 is 2.47 bits per heavy atom. The molecule has 0 atom stereocenters. The van der Waals surface area contributed by atoms with Gasteiger partial charge in [0, 0.05) is 7.11 Å². The van der Waals surface area contributed by atoms with Crippen LogP contribution in [0.5, 0.6) is 0 Å². The van der Waals surface area contributed by atoms with Crippen LogP contribution < -0.4 is 11.3 Å². The third-order valence-electron chi connectivity index (χ3n) is 3.48. The second kappa shape index (κ2) is 6.61. The first-order valence-electron chi connectivity index (χ1n) is 6.17. The zero-order valence-electron chi connectivity index (χ0n) is 11.0. The van der Waals surface area contributed by atoms with Gasteiger partial charge in [-0.15, -0.1) is 11.8 Å². The van der Waals surface area contributed by atoms with Crippen LogP contribution in [0.25, 0.3) is 0 Å². The predicted molar refractivity (Wildman–Crippen MR) is 71.6 cm³/mol. The van der Waals surface area contributed by atoms with E-state index >= 15 is 0 Å². The highest BCUT2D eigenvalue weighted by Crippen LogP contribution is 2.33. The molecule has 4 nitrogen and oxygen atoms in total. The summed E-state index contributed by atoms with van der Waals surface area (Å²) in [6, 6.07) is 0. The van der Waals surface area contributed by atoms with Crippen molar-refractivity contribution in [1.82, 2.24) is 5.43 Å². The zero-order valence-corrected chi connectivity index (χ0v) is 11.8. The lowest BCUT2D eigenvalue weighted by Crippen LogP contribution is -2.43. The van der Waals surface area contributed by atoms with Gasteiger partial charge in [-0.1, -0.05) is 0 Å². The normalized spacial score (nSPS) is 25.6. The third-order valence-corrected chi connectivity index (χ3v) is 5.03. The Kier molecular flexibility index (Phi) is 5.76. The zero-order chi connectivity index (χ0) is 12.9. The lowest BCUT2D eigenvalue weighted by Gasteiger charge is -2.30. The summed E-state index contributed by atoms with van der Waals surface area (Å²) in [6.45, 7) is 3.83. The molecule has 1 amide bonds. The number of hydrogen-bond acceptors (Lipinski definition) is 4. The number of rotatable bonds is 5. The van der Waals surface area contributed by atoms with Gasteiger partial charge in [-0.25, -0.2) is 5.84 Å². The number of nitrogens with two attached hydrogens (primary N) is 1.